The summed E-state index contributed by atoms with van der Waals surface area (Å²) in [6.45, 7) is 0. The molecule has 0 saturated heterocycles. The van der Waals surface area contributed by atoms with Gasteiger partial charge in [0.05, 0.1) is 0 Å². The van der Waals surface area contributed by atoms with Crippen molar-refractivity contribution in [2.75, 3.05) is 0 Å². The van der Waals surface area contributed by atoms with Gasteiger partial charge in [-0.2, -0.15) is 0 Å². The second-order valence-corrected chi connectivity index (χ2v) is 4.50. The zero-order valence-electron chi connectivity index (χ0n) is 10.1. The van der Waals surface area contributed by atoms with Crippen LogP contribution in [0.3, 0.4) is 0 Å². The van der Waals surface area contributed by atoms with Crippen LogP contribution in [0.15, 0.2) is 48.0 Å². The fourth-order valence-corrected chi connectivity index (χ4v) is 2.31. The summed E-state index contributed by atoms with van der Waals surface area (Å²) in [4.78, 5) is 12.2. The summed E-state index contributed by atoms with van der Waals surface area (Å²) in [6, 6.07) is 11.2. The molecule has 2 aromatic carbocycles. The fourth-order valence-electron chi connectivity index (χ4n) is 2.31. The number of benzene rings is 2. The molecule has 0 bridgehead atoms. The van der Waals surface area contributed by atoms with Crippen LogP contribution in [0.4, 0.5) is 4.39 Å². The van der Waals surface area contributed by atoms with E-state index in [1.54, 1.807) is 42.5 Å². The molecule has 1 aliphatic carbocycles. The number of phenolic OH excluding ortho intramolecular Hbond substituents is 1. The van der Waals surface area contributed by atoms with Crippen molar-refractivity contribution in [2.24, 2.45) is 0 Å². The van der Waals surface area contributed by atoms with Gasteiger partial charge < -0.3 is 5.11 Å². The quantitative estimate of drug-likeness (QED) is 0.792. The fraction of sp³-hybridized carbons (Fsp3) is 0.0625. The summed E-state index contributed by atoms with van der Waals surface area (Å²) < 4.78 is 13.6. The van der Waals surface area contributed by atoms with Gasteiger partial charge in [0, 0.05) is 28.7 Å². The van der Waals surface area contributed by atoms with E-state index < -0.39 is 0 Å². The van der Waals surface area contributed by atoms with Crippen LogP contribution in [-0.4, -0.2) is 10.9 Å². The normalized spacial score (nSPS) is 15.8. The molecule has 0 saturated carbocycles. The molecule has 94 valence electrons. The standard InChI is InChI=1S/C16H11FO2/c17-14-6-2-1-4-10(14)8-11-9-13-12(16(11)19)5-3-7-15(13)18/h1-8,18H,9H2/b11-8-. The summed E-state index contributed by atoms with van der Waals surface area (Å²) >= 11 is 0. The average Bonchev–Trinajstić information content (AvgIpc) is 2.72. The van der Waals surface area contributed by atoms with Crippen LogP contribution in [0.5, 0.6) is 5.75 Å². The Kier molecular flexibility index (Phi) is 2.67. The third kappa shape index (κ3) is 1.93. The number of halogens is 1. The van der Waals surface area contributed by atoms with Crippen LogP contribution in [0, 0.1) is 5.82 Å². The second-order valence-electron chi connectivity index (χ2n) is 4.50. The maximum absolute atomic E-state index is 13.6. The number of allylic oxidation sites excluding steroid dienone is 1. The van der Waals surface area contributed by atoms with Crippen molar-refractivity contribution in [3.8, 4) is 5.75 Å². The molecule has 0 unspecified atom stereocenters. The van der Waals surface area contributed by atoms with Crippen LogP contribution in [0.25, 0.3) is 6.08 Å². The number of hydrogen-bond donors (Lipinski definition) is 1. The third-order valence-electron chi connectivity index (χ3n) is 3.29. The smallest absolute Gasteiger partial charge is 0.189 e. The van der Waals surface area contributed by atoms with E-state index in [1.165, 1.54) is 6.07 Å². The minimum Gasteiger partial charge on any atom is -0.508 e. The highest BCUT2D eigenvalue weighted by Gasteiger charge is 2.26. The molecular formula is C16H11FO2. The maximum atomic E-state index is 13.6. The van der Waals surface area contributed by atoms with E-state index in [9.17, 15) is 14.3 Å². The number of rotatable bonds is 1. The third-order valence-corrected chi connectivity index (χ3v) is 3.29. The highest BCUT2D eigenvalue weighted by atomic mass is 19.1. The first-order chi connectivity index (χ1) is 9.16. The van der Waals surface area contributed by atoms with Crippen molar-refractivity contribution in [3.05, 3.63) is 70.5 Å². The summed E-state index contributed by atoms with van der Waals surface area (Å²) in [5.74, 6) is -0.389. The van der Waals surface area contributed by atoms with Gasteiger partial charge in [-0.05, 0) is 18.2 Å². The van der Waals surface area contributed by atoms with E-state index in [2.05, 4.69) is 0 Å². The van der Waals surface area contributed by atoms with Crippen molar-refractivity contribution in [3.63, 3.8) is 0 Å². The van der Waals surface area contributed by atoms with Crippen LogP contribution in [0.2, 0.25) is 0 Å². The lowest BCUT2D eigenvalue weighted by molar-refractivity contribution is 0.104. The minimum absolute atomic E-state index is 0.114. The summed E-state index contributed by atoms with van der Waals surface area (Å²) in [5.41, 5.74) is 2.01. The van der Waals surface area contributed by atoms with Gasteiger partial charge in [0.2, 0.25) is 0 Å². The van der Waals surface area contributed by atoms with E-state index in [0.29, 0.717) is 28.7 Å². The lowest BCUT2D eigenvalue weighted by Crippen LogP contribution is -1.95. The molecule has 3 heteroatoms. The number of carbonyl (C=O) groups excluding carboxylic acids is 1. The van der Waals surface area contributed by atoms with Gasteiger partial charge in [0.1, 0.15) is 11.6 Å². The van der Waals surface area contributed by atoms with Crippen molar-refractivity contribution in [2.45, 2.75) is 6.42 Å². The van der Waals surface area contributed by atoms with Crippen molar-refractivity contribution in [1.82, 2.24) is 0 Å². The minimum atomic E-state index is -0.358. The molecule has 0 aromatic heterocycles. The molecule has 0 radical (unpaired) electrons. The Labute approximate surface area is 109 Å². The molecule has 0 amide bonds. The zero-order chi connectivity index (χ0) is 13.4. The second kappa shape index (κ2) is 4.35. The molecule has 0 aliphatic heterocycles. The van der Waals surface area contributed by atoms with Crippen molar-refractivity contribution >= 4 is 11.9 Å². The number of hydrogen-bond acceptors (Lipinski definition) is 2. The average molecular weight is 254 g/mol. The first-order valence-corrected chi connectivity index (χ1v) is 5.97. The monoisotopic (exact) mass is 254 g/mol. The Balaban J connectivity index is 2.05. The molecule has 19 heavy (non-hydrogen) atoms. The highest BCUT2D eigenvalue weighted by Crippen LogP contribution is 2.33. The Morgan fingerprint density at radius 1 is 1.11 bits per heavy atom. The number of Topliss-reactive ketones (excluding diaryl/α,β-unsaturated/α-hetero) is 1. The zero-order valence-corrected chi connectivity index (χ0v) is 10.1. The van der Waals surface area contributed by atoms with Gasteiger partial charge in [0.25, 0.3) is 0 Å². The highest BCUT2D eigenvalue weighted by molar-refractivity contribution is 6.16. The van der Waals surface area contributed by atoms with E-state index >= 15 is 0 Å². The van der Waals surface area contributed by atoms with E-state index in [1.807, 2.05) is 0 Å². The van der Waals surface area contributed by atoms with Crippen LogP contribution in [0.1, 0.15) is 21.5 Å². The van der Waals surface area contributed by atoms with Crippen LogP contribution in [-0.2, 0) is 6.42 Å². The predicted molar refractivity (Wildman–Crippen MR) is 70.5 cm³/mol. The Hall–Kier alpha value is -2.42. The number of aromatic hydroxyl groups is 1. The van der Waals surface area contributed by atoms with E-state index in [0.717, 1.165) is 0 Å². The maximum Gasteiger partial charge on any atom is 0.189 e. The topological polar surface area (TPSA) is 37.3 Å². The lowest BCUT2D eigenvalue weighted by atomic mass is 10.1. The number of carbonyl (C=O) groups is 1. The van der Waals surface area contributed by atoms with Gasteiger partial charge in [-0.25, -0.2) is 4.39 Å². The van der Waals surface area contributed by atoms with Gasteiger partial charge in [-0.1, -0.05) is 30.3 Å². The van der Waals surface area contributed by atoms with Gasteiger partial charge >= 0.3 is 0 Å². The lowest BCUT2D eigenvalue weighted by Gasteiger charge is -1.98. The SMILES string of the molecule is O=C1/C(=C\c2ccccc2F)Cc2c(O)cccc21. The first kappa shape index (κ1) is 11.7. The first-order valence-electron chi connectivity index (χ1n) is 5.97. The van der Waals surface area contributed by atoms with Crippen LogP contribution < -0.4 is 0 Å². The number of ketones is 1. The Bertz CT molecular complexity index is 702. The summed E-state index contributed by atoms with van der Waals surface area (Å²) in [7, 11) is 0. The number of phenols is 1. The Morgan fingerprint density at radius 3 is 2.63 bits per heavy atom. The van der Waals surface area contributed by atoms with Crippen LogP contribution >= 0.6 is 0 Å². The molecule has 0 atom stereocenters. The molecule has 1 N–H and O–H groups in total. The van der Waals surface area contributed by atoms with E-state index in [4.69, 9.17) is 0 Å². The molecule has 0 spiro atoms. The molecule has 0 fully saturated rings. The Morgan fingerprint density at radius 2 is 1.89 bits per heavy atom. The number of fused-ring (bicyclic) bond motifs is 1. The van der Waals surface area contributed by atoms with Crippen molar-refractivity contribution in [1.29, 1.82) is 0 Å². The molecule has 3 rings (SSSR count). The molecule has 2 aromatic rings. The van der Waals surface area contributed by atoms with E-state index in [-0.39, 0.29) is 17.3 Å². The van der Waals surface area contributed by atoms with Crippen molar-refractivity contribution < 1.29 is 14.3 Å². The largest absolute Gasteiger partial charge is 0.508 e. The molecule has 0 heterocycles. The summed E-state index contributed by atoms with van der Waals surface area (Å²) in [6.07, 6.45) is 1.90. The van der Waals surface area contributed by atoms with Gasteiger partial charge in [0.15, 0.2) is 5.78 Å². The molecule has 2 nitrogen and oxygen atoms in total. The molecular weight excluding hydrogens is 243 g/mol. The van der Waals surface area contributed by atoms with Gasteiger partial charge in [-0.3, -0.25) is 4.79 Å². The molecule has 1 aliphatic rings. The predicted octanol–water partition coefficient (Wildman–Crippen LogP) is 3.35. The van der Waals surface area contributed by atoms with Gasteiger partial charge in [-0.15, -0.1) is 0 Å². The summed E-state index contributed by atoms with van der Waals surface area (Å²) in [5, 5.41) is 9.73.